The zero-order valence-electron chi connectivity index (χ0n) is 7.48. The summed E-state index contributed by atoms with van der Waals surface area (Å²) in [6.07, 6.45) is 0. The van der Waals surface area contributed by atoms with Gasteiger partial charge in [0.25, 0.3) is 0 Å². The molecule has 0 fully saturated rings. The van der Waals surface area contributed by atoms with Crippen LogP contribution < -0.4 is 5.73 Å². The second kappa shape index (κ2) is 3.94. The highest BCUT2D eigenvalue weighted by Crippen LogP contribution is 2.25. The maximum Gasteiger partial charge on any atom is 0.0516 e. The van der Waals surface area contributed by atoms with Crippen molar-refractivity contribution in [3.63, 3.8) is 0 Å². The zero-order chi connectivity index (χ0) is 8.20. The fraction of sp³-hybridized carbons (Fsp3) is 1.00. The second-order valence-corrected chi connectivity index (χ2v) is 3.56. The van der Waals surface area contributed by atoms with Crippen molar-refractivity contribution in [3.8, 4) is 0 Å². The molecule has 2 N–H and O–H groups in total. The van der Waals surface area contributed by atoms with Crippen molar-refractivity contribution < 1.29 is 4.74 Å². The van der Waals surface area contributed by atoms with Gasteiger partial charge in [-0.25, -0.2) is 0 Å². The van der Waals surface area contributed by atoms with E-state index in [2.05, 4.69) is 20.8 Å². The van der Waals surface area contributed by atoms with E-state index >= 15 is 0 Å². The minimum Gasteiger partial charge on any atom is -0.384 e. The van der Waals surface area contributed by atoms with Crippen molar-refractivity contribution in [2.75, 3.05) is 20.3 Å². The highest BCUT2D eigenvalue weighted by molar-refractivity contribution is 4.74. The van der Waals surface area contributed by atoms with Crippen LogP contribution in [-0.4, -0.2) is 20.3 Å². The molecule has 0 aromatic carbocycles. The lowest BCUT2D eigenvalue weighted by Crippen LogP contribution is -2.32. The number of hydrogen-bond donors (Lipinski definition) is 1. The van der Waals surface area contributed by atoms with E-state index in [-0.39, 0.29) is 5.41 Å². The Balaban J connectivity index is 3.82. The van der Waals surface area contributed by atoms with Crippen LogP contribution in [0.3, 0.4) is 0 Å². The van der Waals surface area contributed by atoms with E-state index in [1.807, 2.05) is 0 Å². The highest BCUT2D eigenvalue weighted by atomic mass is 16.5. The molecule has 0 saturated heterocycles. The van der Waals surface area contributed by atoms with Gasteiger partial charge < -0.3 is 10.5 Å². The Kier molecular flexibility index (Phi) is 3.91. The number of ether oxygens (including phenoxy) is 1. The van der Waals surface area contributed by atoms with Gasteiger partial charge in [0, 0.05) is 7.11 Å². The van der Waals surface area contributed by atoms with Gasteiger partial charge >= 0.3 is 0 Å². The Labute approximate surface area is 63.7 Å². The van der Waals surface area contributed by atoms with Crippen LogP contribution >= 0.6 is 0 Å². The molecule has 0 bridgehead atoms. The third-order valence-electron chi connectivity index (χ3n) is 2.20. The van der Waals surface area contributed by atoms with Crippen molar-refractivity contribution in [1.82, 2.24) is 0 Å². The molecular weight excluding hydrogens is 126 g/mol. The van der Waals surface area contributed by atoms with Gasteiger partial charge in [0.1, 0.15) is 0 Å². The average molecular weight is 145 g/mol. The molecule has 1 atom stereocenters. The summed E-state index contributed by atoms with van der Waals surface area (Å²) in [5, 5.41) is 0. The van der Waals surface area contributed by atoms with Crippen molar-refractivity contribution >= 4 is 0 Å². The largest absolute Gasteiger partial charge is 0.384 e. The van der Waals surface area contributed by atoms with E-state index in [1.165, 1.54) is 0 Å². The number of methoxy groups -OCH3 is 1. The van der Waals surface area contributed by atoms with Crippen LogP contribution in [0.25, 0.3) is 0 Å². The number of rotatable bonds is 4. The van der Waals surface area contributed by atoms with Gasteiger partial charge in [-0.2, -0.15) is 0 Å². The lowest BCUT2D eigenvalue weighted by Gasteiger charge is -2.29. The molecule has 0 amide bonds. The van der Waals surface area contributed by atoms with Crippen LogP contribution in [0.5, 0.6) is 0 Å². The van der Waals surface area contributed by atoms with Crippen molar-refractivity contribution in [2.24, 2.45) is 17.1 Å². The first-order valence-corrected chi connectivity index (χ1v) is 3.73. The predicted octanol–water partition coefficient (Wildman–Crippen LogP) is 1.25. The molecule has 0 aromatic rings. The first kappa shape index (κ1) is 9.92. The maximum atomic E-state index is 5.53. The van der Waals surface area contributed by atoms with E-state index in [0.29, 0.717) is 5.92 Å². The Morgan fingerprint density at radius 2 is 2.00 bits per heavy atom. The van der Waals surface area contributed by atoms with E-state index in [1.54, 1.807) is 7.11 Å². The SMILES string of the molecule is COCC(C)(C)C(C)CN. The summed E-state index contributed by atoms with van der Waals surface area (Å²) < 4.78 is 5.07. The monoisotopic (exact) mass is 145 g/mol. The Bertz CT molecular complexity index is 91.3. The molecule has 0 aliphatic heterocycles. The topological polar surface area (TPSA) is 35.2 Å². The van der Waals surface area contributed by atoms with E-state index in [4.69, 9.17) is 10.5 Å². The Hall–Kier alpha value is -0.0800. The third-order valence-corrected chi connectivity index (χ3v) is 2.20. The van der Waals surface area contributed by atoms with Gasteiger partial charge in [-0.1, -0.05) is 20.8 Å². The molecule has 2 heteroatoms. The Morgan fingerprint density at radius 1 is 1.50 bits per heavy atom. The molecule has 0 aliphatic carbocycles. The molecule has 0 rings (SSSR count). The van der Waals surface area contributed by atoms with Crippen molar-refractivity contribution in [3.05, 3.63) is 0 Å². The lowest BCUT2D eigenvalue weighted by atomic mass is 9.81. The van der Waals surface area contributed by atoms with E-state index < -0.39 is 0 Å². The van der Waals surface area contributed by atoms with Crippen LogP contribution in [0.4, 0.5) is 0 Å². The molecule has 0 spiro atoms. The van der Waals surface area contributed by atoms with Crippen LogP contribution in [0.1, 0.15) is 20.8 Å². The normalized spacial score (nSPS) is 15.3. The summed E-state index contributed by atoms with van der Waals surface area (Å²) in [5.74, 6) is 0.521. The smallest absolute Gasteiger partial charge is 0.0516 e. The summed E-state index contributed by atoms with van der Waals surface area (Å²) in [5.41, 5.74) is 5.74. The summed E-state index contributed by atoms with van der Waals surface area (Å²) in [4.78, 5) is 0. The predicted molar refractivity (Wildman–Crippen MR) is 43.9 cm³/mol. The molecule has 0 radical (unpaired) electrons. The quantitative estimate of drug-likeness (QED) is 0.646. The lowest BCUT2D eigenvalue weighted by molar-refractivity contribution is 0.0684. The Morgan fingerprint density at radius 3 is 2.30 bits per heavy atom. The zero-order valence-corrected chi connectivity index (χ0v) is 7.48. The fourth-order valence-electron chi connectivity index (χ4n) is 0.833. The van der Waals surface area contributed by atoms with Gasteiger partial charge in [0.05, 0.1) is 6.61 Å². The van der Waals surface area contributed by atoms with Crippen LogP contribution in [0.15, 0.2) is 0 Å². The van der Waals surface area contributed by atoms with Gasteiger partial charge in [0.15, 0.2) is 0 Å². The molecule has 10 heavy (non-hydrogen) atoms. The minimum absolute atomic E-state index is 0.212. The van der Waals surface area contributed by atoms with E-state index in [0.717, 1.165) is 13.2 Å². The maximum absolute atomic E-state index is 5.53. The first-order valence-electron chi connectivity index (χ1n) is 3.73. The number of hydrogen-bond acceptors (Lipinski definition) is 2. The molecule has 0 saturated carbocycles. The highest BCUT2D eigenvalue weighted by Gasteiger charge is 2.24. The third kappa shape index (κ3) is 2.67. The van der Waals surface area contributed by atoms with Gasteiger partial charge in [-0.3, -0.25) is 0 Å². The summed E-state index contributed by atoms with van der Waals surface area (Å²) in [6, 6.07) is 0. The second-order valence-electron chi connectivity index (χ2n) is 3.56. The molecule has 1 unspecified atom stereocenters. The summed E-state index contributed by atoms with van der Waals surface area (Å²) in [7, 11) is 1.73. The molecule has 2 nitrogen and oxygen atoms in total. The van der Waals surface area contributed by atoms with Crippen LogP contribution in [-0.2, 0) is 4.74 Å². The van der Waals surface area contributed by atoms with Crippen molar-refractivity contribution in [2.45, 2.75) is 20.8 Å². The summed E-state index contributed by atoms with van der Waals surface area (Å²) >= 11 is 0. The van der Waals surface area contributed by atoms with Crippen molar-refractivity contribution in [1.29, 1.82) is 0 Å². The molecule has 0 aliphatic rings. The molecule has 0 heterocycles. The summed E-state index contributed by atoms with van der Waals surface area (Å²) in [6.45, 7) is 8.02. The molecule has 62 valence electrons. The van der Waals surface area contributed by atoms with Gasteiger partial charge in [-0.15, -0.1) is 0 Å². The first-order chi connectivity index (χ1) is 4.54. The van der Waals surface area contributed by atoms with Crippen LogP contribution in [0.2, 0.25) is 0 Å². The van der Waals surface area contributed by atoms with E-state index in [9.17, 15) is 0 Å². The minimum atomic E-state index is 0.212. The van der Waals surface area contributed by atoms with Crippen LogP contribution in [0, 0.1) is 11.3 Å². The molecule has 0 aromatic heterocycles. The van der Waals surface area contributed by atoms with Gasteiger partial charge in [0.2, 0.25) is 0 Å². The standard InChI is InChI=1S/C8H19NO/c1-7(5-9)8(2,3)6-10-4/h7H,5-6,9H2,1-4H3. The average Bonchev–Trinajstić information content (AvgIpc) is 1.86. The fourth-order valence-corrected chi connectivity index (χ4v) is 0.833. The molecular formula is C8H19NO. The van der Waals surface area contributed by atoms with Gasteiger partial charge in [-0.05, 0) is 17.9 Å². The number of nitrogens with two attached hydrogens (primary N) is 1.